The second-order valence-electron chi connectivity index (χ2n) is 8.31. The molecule has 1 unspecified atom stereocenters. The molecule has 8 heteroatoms. The molecule has 5 rings (SSSR count). The van der Waals surface area contributed by atoms with Crippen molar-refractivity contribution in [3.05, 3.63) is 88.8 Å². The molecule has 3 N–H and O–H groups in total. The average molecular weight is 487 g/mol. The first-order chi connectivity index (χ1) is 17.0. The highest BCUT2D eigenvalue weighted by atomic mass is 35.5. The van der Waals surface area contributed by atoms with Crippen LogP contribution < -0.4 is 15.8 Å². The Hall–Kier alpha value is -4.10. The molecule has 0 bridgehead atoms. The van der Waals surface area contributed by atoms with Gasteiger partial charge in [-0.15, -0.1) is 0 Å². The highest BCUT2D eigenvalue weighted by Gasteiger charge is 2.28. The summed E-state index contributed by atoms with van der Waals surface area (Å²) in [5, 5.41) is 7.67. The predicted octanol–water partition coefficient (Wildman–Crippen LogP) is 5.08. The lowest BCUT2D eigenvalue weighted by atomic mass is 9.97. The molecule has 0 radical (unpaired) electrons. The fourth-order valence-electron chi connectivity index (χ4n) is 4.11. The van der Waals surface area contributed by atoms with Crippen molar-refractivity contribution >= 4 is 29.4 Å². The number of benzene rings is 2. The van der Waals surface area contributed by atoms with Crippen molar-refractivity contribution in [2.75, 3.05) is 12.3 Å². The van der Waals surface area contributed by atoms with Crippen molar-refractivity contribution in [2.45, 2.75) is 19.4 Å². The number of nitrogens with two attached hydrogens (primary N) is 1. The lowest BCUT2D eigenvalue weighted by Gasteiger charge is -2.11. The van der Waals surface area contributed by atoms with Crippen LogP contribution in [-0.2, 0) is 11.2 Å². The van der Waals surface area contributed by atoms with Crippen molar-refractivity contribution in [1.82, 2.24) is 15.5 Å². The monoisotopic (exact) mass is 486 g/mol. The van der Waals surface area contributed by atoms with Gasteiger partial charge in [-0.3, -0.25) is 4.79 Å². The molecule has 0 aliphatic carbocycles. The Morgan fingerprint density at radius 3 is 2.80 bits per heavy atom. The van der Waals surface area contributed by atoms with E-state index in [9.17, 15) is 4.79 Å². The van der Waals surface area contributed by atoms with Crippen LogP contribution in [0, 0.1) is 6.92 Å². The van der Waals surface area contributed by atoms with Crippen molar-refractivity contribution in [3.63, 3.8) is 0 Å². The highest BCUT2D eigenvalue weighted by Crippen LogP contribution is 2.42. The number of hydrogen-bond donors (Lipinski definition) is 2. The molecule has 1 atom stereocenters. The van der Waals surface area contributed by atoms with Crippen LogP contribution in [0.2, 0.25) is 5.02 Å². The highest BCUT2D eigenvalue weighted by molar-refractivity contribution is 6.32. The van der Waals surface area contributed by atoms with Crippen LogP contribution in [-0.4, -0.2) is 28.7 Å². The molecule has 1 aliphatic heterocycles. The number of carbonyl (C=O) groups excluding carboxylic acids is 1. The number of amides is 1. The van der Waals surface area contributed by atoms with Crippen molar-refractivity contribution in [2.24, 2.45) is 0 Å². The fourth-order valence-corrected chi connectivity index (χ4v) is 4.40. The summed E-state index contributed by atoms with van der Waals surface area (Å²) in [4.78, 5) is 16.3. The van der Waals surface area contributed by atoms with Crippen LogP contribution in [0.15, 0.2) is 71.4 Å². The molecule has 4 aromatic rings. The Bertz CT molecular complexity index is 1400. The number of ether oxygens (including phenoxy) is 1. The lowest BCUT2D eigenvalue weighted by Crippen LogP contribution is -2.33. The van der Waals surface area contributed by atoms with Crippen LogP contribution in [0.4, 0.5) is 5.82 Å². The third-order valence-electron chi connectivity index (χ3n) is 5.79. The Balaban J connectivity index is 1.29. The lowest BCUT2D eigenvalue weighted by molar-refractivity contribution is -0.116. The molecule has 0 spiro atoms. The van der Waals surface area contributed by atoms with E-state index in [0.717, 1.165) is 33.5 Å². The summed E-state index contributed by atoms with van der Waals surface area (Å²) < 4.78 is 11.6. The molecule has 0 saturated carbocycles. The third-order valence-corrected chi connectivity index (χ3v) is 6.07. The van der Waals surface area contributed by atoms with Gasteiger partial charge in [0.05, 0.1) is 17.1 Å². The second kappa shape index (κ2) is 9.64. The van der Waals surface area contributed by atoms with E-state index < -0.39 is 0 Å². The first-order valence-electron chi connectivity index (χ1n) is 11.2. The quantitative estimate of drug-likeness (QED) is 0.368. The minimum atomic E-state index is -0.222. The molecule has 0 saturated heterocycles. The minimum Gasteiger partial charge on any atom is -0.486 e. The number of fused-ring (bicyclic) bond motifs is 1. The third kappa shape index (κ3) is 4.90. The molecule has 2 aromatic carbocycles. The van der Waals surface area contributed by atoms with Gasteiger partial charge in [0.2, 0.25) is 5.91 Å². The molecule has 0 fully saturated rings. The number of pyridine rings is 1. The molecule has 7 nitrogen and oxygen atoms in total. The molecule has 1 amide bonds. The van der Waals surface area contributed by atoms with E-state index in [1.807, 2.05) is 43.3 Å². The number of aromatic nitrogens is 2. The van der Waals surface area contributed by atoms with E-state index in [4.69, 9.17) is 26.6 Å². The van der Waals surface area contributed by atoms with Gasteiger partial charge in [-0.05, 0) is 48.4 Å². The Morgan fingerprint density at radius 2 is 2.03 bits per heavy atom. The standard InChI is InChI=1S/C27H23ClN4O3/c1-16-25(26(32-35-16)18-5-3-2-4-6-18)19-11-20-12-21(34-27(20)22(28)13-19)15-31-24(33)10-8-17-7-9-23(29)30-14-17/h2-11,13-14,21H,12,15H2,1H3,(H2,29,30)(H,31,33)/b10-8+. The maximum Gasteiger partial charge on any atom is 0.244 e. The topological polar surface area (TPSA) is 103 Å². The number of nitrogen functional groups attached to an aromatic ring is 1. The van der Waals surface area contributed by atoms with Gasteiger partial charge < -0.3 is 20.3 Å². The summed E-state index contributed by atoms with van der Waals surface area (Å²) in [6.45, 7) is 2.24. The van der Waals surface area contributed by atoms with Gasteiger partial charge in [-0.1, -0.05) is 47.1 Å². The largest absolute Gasteiger partial charge is 0.486 e. The molecular weight excluding hydrogens is 464 g/mol. The van der Waals surface area contributed by atoms with Crippen LogP contribution in [0.5, 0.6) is 5.75 Å². The molecule has 35 heavy (non-hydrogen) atoms. The first-order valence-corrected chi connectivity index (χ1v) is 11.5. The number of hydrogen-bond acceptors (Lipinski definition) is 6. The number of anilines is 1. The van der Waals surface area contributed by atoms with Gasteiger partial charge in [0, 0.05) is 29.8 Å². The zero-order chi connectivity index (χ0) is 24.4. The summed E-state index contributed by atoms with van der Waals surface area (Å²) in [6.07, 6.45) is 5.15. The van der Waals surface area contributed by atoms with E-state index in [2.05, 4.69) is 21.5 Å². The van der Waals surface area contributed by atoms with E-state index in [1.165, 1.54) is 6.08 Å². The normalized spacial score (nSPS) is 14.6. The SMILES string of the molecule is Cc1onc(-c2ccccc2)c1-c1cc(Cl)c2c(c1)CC(CNC(=O)/C=C/c1ccc(N)nc1)O2. The fraction of sp³-hybridized carbons (Fsp3) is 0.148. The molecule has 1 aliphatic rings. The Labute approximate surface area is 207 Å². The van der Waals surface area contributed by atoms with Gasteiger partial charge in [0.15, 0.2) is 0 Å². The summed E-state index contributed by atoms with van der Waals surface area (Å²) in [5.41, 5.74) is 10.9. The van der Waals surface area contributed by atoms with Gasteiger partial charge >= 0.3 is 0 Å². The minimum absolute atomic E-state index is 0.217. The number of rotatable bonds is 6. The van der Waals surface area contributed by atoms with Gasteiger partial charge in [0.25, 0.3) is 0 Å². The average Bonchev–Trinajstić information content (AvgIpc) is 3.46. The maximum absolute atomic E-state index is 12.3. The van der Waals surface area contributed by atoms with Gasteiger partial charge in [0.1, 0.15) is 29.1 Å². The van der Waals surface area contributed by atoms with Crippen LogP contribution in [0.1, 0.15) is 16.9 Å². The van der Waals surface area contributed by atoms with E-state index in [1.54, 1.807) is 24.4 Å². The van der Waals surface area contributed by atoms with E-state index >= 15 is 0 Å². The number of carbonyl (C=O) groups is 1. The molecule has 2 aromatic heterocycles. The second-order valence-corrected chi connectivity index (χ2v) is 8.72. The van der Waals surface area contributed by atoms with Crippen LogP contribution in [0.25, 0.3) is 28.5 Å². The van der Waals surface area contributed by atoms with Gasteiger partial charge in [-0.25, -0.2) is 4.98 Å². The Kier molecular flexibility index (Phi) is 6.25. The van der Waals surface area contributed by atoms with E-state index in [-0.39, 0.29) is 12.0 Å². The summed E-state index contributed by atoms with van der Waals surface area (Å²) in [7, 11) is 0. The van der Waals surface area contributed by atoms with Crippen LogP contribution >= 0.6 is 11.6 Å². The molecule has 176 valence electrons. The zero-order valence-electron chi connectivity index (χ0n) is 19.0. The maximum atomic E-state index is 12.3. The predicted molar refractivity (Wildman–Crippen MR) is 136 cm³/mol. The van der Waals surface area contributed by atoms with Crippen molar-refractivity contribution in [1.29, 1.82) is 0 Å². The Morgan fingerprint density at radius 1 is 1.20 bits per heavy atom. The summed E-state index contributed by atoms with van der Waals surface area (Å²) in [5.74, 6) is 1.57. The van der Waals surface area contributed by atoms with Crippen molar-refractivity contribution in [3.8, 4) is 28.1 Å². The first kappa shape index (κ1) is 22.7. The number of nitrogens with zero attached hydrogens (tertiary/aromatic N) is 2. The van der Waals surface area contributed by atoms with Gasteiger partial charge in [-0.2, -0.15) is 0 Å². The molecule has 3 heterocycles. The number of nitrogens with one attached hydrogen (secondary N) is 1. The molecular formula is C27H23ClN4O3. The smallest absolute Gasteiger partial charge is 0.244 e. The summed E-state index contributed by atoms with van der Waals surface area (Å²) >= 11 is 6.61. The number of halogens is 1. The van der Waals surface area contributed by atoms with Crippen LogP contribution in [0.3, 0.4) is 0 Å². The zero-order valence-corrected chi connectivity index (χ0v) is 19.8. The summed E-state index contributed by atoms with van der Waals surface area (Å²) in [6, 6.07) is 17.3. The van der Waals surface area contributed by atoms with E-state index in [0.29, 0.717) is 35.3 Å². The number of aryl methyl sites for hydroxylation is 1. The van der Waals surface area contributed by atoms with Crippen molar-refractivity contribution < 1.29 is 14.1 Å².